The number of methoxy groups -OCH3 is 1. The molecule has 0 bridgehead atoms. The summed E-state index contributed by atoms with van der Waals surface area (Å²) in [6.07, 6.45) is 0. The highest BCUT2D eigenvalue weighted by molar-refractivity contribution is 5.93. The number of benzene rings is 3. The molecule has 0 saturated carbocycles. The first-order valence-electron chi connectivity index (χ1n) is 9.44. The predicted octanol–water partition coefficient (Wildman–Crippen LogP) is 4.95. The minimum atomic E-state index is -0.382. The third kappa shape index (κ3) is 5.02. The Labute approximate surface area is 170 Å². The van der Waals surface area contributed by atoms with Crippen LogP contribution in [0.3, 0.4) is 0 Å². The molecule has 1 unspecified atom stereocenters. The molecule has 5 nitrogen and oxygen atoms in total. The molecule has 3 aromatic rings. The topological polar surface area (TPSA) is 58.6 Å². The zero-order valence-corrected chi connectivity index (χ0v) is 16.5. The van der Waals surface area contributed by atoms with E-state index in [4.69, 9.17) is 4.74 Å². The average molecular weight is 388 g/mol. The van der Waals surface area contributed by atoms with Crippen LogP contribution < -0.4 is 10.2 Å². The lowest BCUT2D eigenvalue weighted by atomic mass is 10.1. The summed E-state index contributed by atoms with van der Waals surface area (Å²) in [6.45, 7) is 2.36. The van der Waals surface area contributed by atoms with E-state index in [1.165, 1.54) is 7.11 Å². The number of urea groups is 1. The molecule has 3 rings (SSSR count). The van der Waals surface area contributed by atoms with Crippen molar-refractivity contribution < 1.29 is 14.3 Å². The Hall–Kier alpha value is -3.60. The molecule has 0 aromatic heterocycles. The van der Waals surface area contributed by atoms with Gasteiger partial charge in [-0.3, -0.25) is 4.90 Å². The van der Waals surface area contributed by atoms with Crippen LogP contribution in [0.15, 0.2) is 84.9 Å². The van der Waals surface area contributed by atoms with Crippen LogP contribution in [-0.2, 0) is 11.3 Å². The van der Waals surface area contributed by atoms with Crippen LogP contribution in [0.25, 0.3) is 0 Å². The molecule has 0 saturated heterocycles. The van der Waals surface area contributed by atoms with Crippen molar-refractivity contribution in [2.45, 2.75) is 19.5 Å². The highest BCUT2D eigenvalue weighted by Gasteiger charge is 2.23. The van der Waals surface area contributed by atoms with E-state index in [0.29, 0.717) is 12.1 Å². The van der Waals surface area contributed by atoms with Crippen molar-refractivity contribution in [3.63, 3.8) is 0 Å². The second-order valence-electron chi connectivity index (χ2n) is 6.64. The summed E-state index contributed by atoms with van der Waals surface area (Å²) in [6, 6.07) is 26.2. The number of esters is 1. The summed E-state index contributed by atoms with van der Waals surface area (Å²) < 4.78 is 4.71. The van der Waals surface area contributed by atoms with Gasteiger partial charge in [0.1, 0.15) is 0 Å². The van der Waals surface area contributed by atoms with Crippen LogP contribution in [0.5, 0.6) is 0 Å². The lowest BCUT2D eigenvalue weighted by Crippen LogP contribution is -2.41. The third-order valence-corrected chi connectivity index (χ3v) is 4.74. The van der Waals surface area contributed by atoms with Crippen molar-refractivity contribution in [2.75, 3.05) is 12.0 Å². The van der Waals surface area contributed by atoms with E-state index >= 15 is 0 Å². The Balaban J connectivity index is 1.76. The first-order chi connectivity index (χ1) is 14.1. The molecule has 0 fully saturated rings. The third-order valence-electron chi connectivity index (χ3n) is 4.74. The fraction of sp³-hybridized carbons (Fsp3) is 0.167. The van der Waals surface area contributed by atoms with Crippen LogP contribution in [0.1, 0.15) is 34.5 Å². The quantitative estimate of drug-likeness (QED) is 0.608. The standard InChI is InChI=1S/C24H24N2O3/c1-18(20-9-5-3-6-10-20)26(22-11-7-4-8-12-22)24(28)25-17-19-13-15-21(16-14-19)23(27)29-2/h3-16,18H,17H2,1-2H3,(H,25,28). The molecular weight excluding hydrogens is 364 g/mol. The van der Waals surface area contributed by atoms with E-state index in [2.05, 4.69) is 5.32 Å². The molecular formula is C24H24N2O3. The molecule has 1 N–H and O–H groups in total. The van der Waals surface area contributed by atoms with E-state index in [0.717, 1.165) is 16.8 Å². The van der Waals surface area contributed by atoms with Gasteiger partial charge in [-0.2, -0.15) is 0 Å². The summed E-state index contributed by atoms with van der Waals surface area (Å²) in [5.74, 6) is -0.382. The maximum absolute atomic E-state index is 13.1. The largest absolute Gasteiger partial charge is 0.465 e. The van der Waals surface area contributed by atoms with Crippen LogP contribution in [0, 0.1) is 0 Å². The Morgan fingerprint density at radius 1 is 0.897 bits per heavy atom. The van der Waals surface area contributed by atoms with Crippen LogP contribution in [0.2, 0.25) is 0 Å². The van der Waals surface area contributed by atoms with Crippen molar-refractivity contribution in [2.24, 2.45) is 0 Å². The molecule has 1 atom stereocenters. The van der Waals surface area contributed by atoms with E-state index in [1.807, 2.05) is 67.6 Å². The second kappa shape index (κ2) is 9.55. The molecule has 0 aliphatic rings. The zero-order valence-electron chi connectivity index (χ0n) is 16.5. The Morgan fingerprint density at radius 2 is 1.48 bits per heavy atom. The van der Waals surface area contributed by atoms with Gasteiger partial charge in [-0.05, 0) is 42.3 Å². The Bertz CT molecular complexity index is 941. The minimum absolute atomic E-state index is 0.139. The van der Waals surface area contributed by atoms with Crippen molar-refractivity contribution >= 4 is 17.7 Å². The van der Waals surface area contributed by atoms with Gasteiger partial charge in [-0.15, -0.1) is 0 Å². The first kappa shape index (κ1) is 20.1. The molecule has 3 aromatic carbocycles. The number of nitrogens with one attached hydrogen (secondary N) is 1. The summed E-state index contributed by atoms with van der Waals surface area (Å²) in [7, 11) is 1.35. The van der Waals surface area contributed by atoms with Gasteiger partial charge in [-0.25, -0.2) is 9.59 Å². The monoisotopic (exact) mass is 388 g/mol. The number of hydrogen-bond acceptors (Lipinski definition) is 3. The Kier molecular flexibility index (Phi) is 6.63. The van der Waals surface area contributed by atoms with Gasteiger partial charge >= 0.3 is 12.0 Å². The number of nitrogens with zero attached hydrogens (tertiary/aromatic N) is 1. The maximum Gasteiger partial charge on any atom is 0.337 e. The number of hydrogen-bond donors (Lipinski definition) is 1. The number of carbonyl (C=O) groups excluding carboxylic acids is 2. The van der Waals surface area contributed by atoms with Crippen LogP contribution in [0.4, 0.5) is 10.5 Å². The number of para-hydroxylation sites is 1. The minimum Gasteiger partial charge on any atom is -0.465 e. The van der Waals surface area contributed by atoms with Gasteiger partial charge in [0.15, 0.2) is 0 Å². The van der Waals surface area contributed by atoms with E-state index in [1.54, 1.807) is 29.2 Å². The highest BCUT2D eigenvalue weighted by Crippen LogP contribution is 2.26. The van der Waals surface area contributed by atoms with E-state index in [-0.39, 0.29) is 18.0 Å². The van der Waals surface area contributed by atoms with Gasteiger partial charge in [0.25, 0.3) is 0 Å². The molecule has 0 aliphatic heterocycles. The van der Waals surface area contributed by atoms with E-state index < -0.39 is 0 Å². The lowest BCUT2D eigenvalue weighted by Gasteiger charge is -2.30. The molecule has 0 aliphatic carbocycles. The molecule has 0 spiro atoms. The van der Waals surface area contributed by atoms with Gasteiger partial charge < -0.3 is 10.1 Å². The maximum atomic E-state index is 13.1. The number of rotatable bonds is 6. The van der Waals surface area contributed by atoms with Gasteiger partial charge in [0.2, 0.25) is 0 Å². The molecule has 5 heteroatoms. The molecule has 29 heavy (non-hydrogen) atoms. The first-order valence-corrected chi connectivity index (χ1v) is 9.44. The SMILES string of the molecule is COC(=O)c1ccc(CNC(=O)N(c2ccccc2)C(C)c2ccccc2)cc1. The second-order valence-corrected chi connectivity index (χ2v) is 6.64. The van der Waals surface area contributed by atoms with Crippen molar-refractivity contribution in [1.29, 1.82) is 0 Å². The normalized spacial score (nSPS) is 11.4. The molecule has 0 radical (unpaired) electrons. The zero-order chi connectivity index (χ0) is 20.6. The summed E-state index contributed by atoms with van der Waals surface area (Å²) in [4.78, 5) is 26.4. The van der Waals surface area contributed by atoms with Crippen molar-refractivity contribution in [1.82, 2.24) is 5.32 Å². The lowest BCUT2D eigenvalue weighted by molar-refractivity contribution is 0.0600. The smallest absolute Gasteiger partial charge is 0.337 e. The number of amides is 2. The fourth-order valence-corrected chi connectivity index (χ4v) is 3.13. The van der Waals surface area contributed by atoms with Crippen LogP contribution >= 0.6 is 0 Å². The Morgan fingerprint density at radius 3 is 2.07 bits per heavy atom. The number of carbonyl (C=O) groups is 2. The van der Waals surface area contributed by atoms with Crippen LogP contribution in [-0.4, -0.2) is 19.1 Å². The van der Waals surface area contributed by atoms with E-state index in [9.17, 15) is 9.59 Å². The molecule has 148 valence electrons. The molecule has 0 heterocycles. The van der Waals surface area contributed by atoms with Crippen molar-refractivity contribution in [3.8, 4) is 0 Å². The van der Waals surface area contributed by atoms with Gasteiger partial charge in [0.05, 0.1) is 18.7 Å². The molecule has 2 amide bonds. The van der Waals surface area contributed by atoms with Gasteiger partial charge in [-0.1, -0.05) is 60.7 Å². The predicted molar refractivity (Wildman–Crippen MR) is 114 cm³/mol. The average Bonchev–Trinajstić information content (AvgIpc) is 2.79. The highest BCUT2D eigenvalue weighted by atomic mass is 16.5. The van der Waals surface area contributed by atoms with Crippen molar-refractivity contribution in [3.05, 3.63) is 102 Å². The summed E-state index contributed by atoms with van der Waals surface area (Å²) in [5.41, 5.74) is 3.24. The number of ether oxygens (including phenoxy) is 1. The summed E-state index contributed by atoms with van der Waals surface area (Å²) in [5, 5.41) is 2.98. The van der Waals surface area contributed by atoms with Gasteiger partial charge in [0, 0.05) is 12.2 Å². The number of anilines is 1. The fourth-order valence-electron chi connectivity index (χ4n) is 3.13. The summed E-state index contributed by atoms with van der Waals surface area (Å²) >= 11 is 0.